The first-order chi connectivity index (χ1) is 8.56. The van der Waals surface area contributed by atoms with Crippen LogP contribution in [0.4, 0.5) is 26.1 Å². The zero-order valence-corrected chi connectivity index (χ0v) is 9.98. The van der Waals surface area contributed by atoms with Crippen LogP contribution in [0.2, 0.25) is 0 Å². The van der Waals surface area contributed by atoms with Crippen LogP contribution in [-0.2, 0) is 0 Å². The normalized spacial score (nSPS) is 10.2. The largest absolute Gasteiger partial charge is 0.363 e. The zero-order chi connectivity index (χ0) is 13.1. The maximum Gasteiger partial charge on any atom is 0.146 e. The third-order valence-electron chi connectivity index (χ3n) is 2.30. The molecular formula is C12H12F2N4. The van der Waals surface area contributed by atoms with Crippen molar-refractivity contribution in [2.24, 2.45) is 0 Å². The van der Waals surface area contributed by atoms with Crippen LogP contribution in [0.25, 0.3) is 0 Å². The molecule has 1 heterocycles. The highest BCUT2D eigenvalue weighted by atomic mass is 19.1. The maximum atomic E-state index is 13.4. The van der Waals surface area contributed by atoms with E-state index in [-0.39, 0.29) is 5.69 Å². The Balaban J connectivity index is 2.28. The Labute approximate surface area is 103 Å². The second-order valence-corrected chi connectivity index (χ2v) is 3.91. The number of halogens is 2. The molecule has 0 bridgehead atoms. The van der Waals surface area contributed by atoms with E-state index in [2.05, 4.69) is 15.3 Å². The second kappa shape index (κ2) is 4.95. The van der Waals surface area contributed by atoms with E-state index in [1.807, 2.05) is 14.1 Å². The second-order valence-electron chi connectivity index (χ2n) is 3.91. The van der Waals surface area contributed by atoms with Crippen molar-refractivity contribution in [1.82, 2.24) is 9.97 Å². The summed E-state index contributed by atoms with van der Waals surface area (Å²) in [5.74, 6) is 0.0183. The number of rotatable bonds is 3. The van der Waals surface area contributed by atoms with E-state index in [0.29, 0.717) is 11.6 Å². The molecule has 1 aromatic carbocycles. The van der Waals surface area contributed by atoms with Gasteiger partial charge in [-0.15, -0.1) is 0 Å². The van der Waals surface area contributed by atoms with Gasteiger partial charge in [-0.25, -0.2) is 18.7 Å². The molecule has 0 saturated heterocycles. The number of aromatic nitrogens is 2. The van der Waals surface area contributed by atoms with Gasteiger partial charge >= 0.3 is 0 Å². The molecule has 2 aromatic rings. The molecule has 0 saturated carbocycles. The first-order valence-electron chi connectivity index (χ1n) is 5.27. The van der Waals surface area contributed by atoms with Crippen LogP contribution in [0.3, 0.4) is 0 Å². The van der Waals surface area contributed by atoms with Gasteiger partial charge in [0.25, 0.3) is 0 Å². The number of nitrogens with one attached hydrogen (secondary N) is 1. The van der Waals surface area contributed by atoms with E-state index in [0.717, 1.165) is 18.2 Å². The molecule has 0 amide bonds. The number of hydrogen-bond acceptors (Lipinski definition) is 4. The van der Waals surface area contributed by atoms with Crippen molar-refractivity contribution in [3.05, 3.63) is 42.2 Å². The van der Waals surface area contributed by atoms with Gasteiger partial charge in [0, 0.05) is 26.2 Å². The summed E-state index contributed by atoms with van der Waals surface area (Å²) in [5, 5.41) is 2.72. The molecule has 1 aromatic heterocycles. The molecule has 0 radical (unpaired) electrons. The van der Waals surface area contributed by atoms with Crippen molar-refractivity contribution < 1.29 is 8.78 Å². The summed E-state index contributed by atoms with van der Waals surface area (Å²) < 4.78 is 26.4. The SMILES string of the molecule is CN(C)c1cc(Nc2cc(F)ccc2F)ncn1. The van der Waals surface area contributed by atoms with Gasteiger partial charge in [0.15, 0.2) is 0 Å². The molecule has 0 fully saturated rings. The summed E-state index contributed by atoms with van der Waals surface area (Å²) >= 11 is 0. The summed E-state index contributed by atoms with van der Waals surface area (Å²) in [6.45, 7) is 0. The van der Waals surface area contributed by atoms with Gasteiger partial charge in [-0.2, -0.15) is 0 Å². The maximum absolute atomic E-state index is 13.4. The van der Waals surface area contributed by atoms with Crippen molar-refractivity contribution in [2.45, 2.75) is 0 Å². The fraction of sp³-hybridized carbons (Fsp3) is 0.167. The minimum atomic E-state index is -0.540. The molecule has 0 aliphatic heterocycles. The highest BCUT2D eigenvalue weighted by molar-refractivity contribution is 5.59. The van der Waals surface area contributed by atoms with E-state index < -0.39 is 11.6 Å². The topological polar surface area (TPSA) is 41.0 Å². The van der Waals surface area contributed by atoms with Crippen LogP contribution < -0.4 is 10.2 Å². The van der Waals surface area contributed by atoms with E-state index in [9.17, 15) is 8.78 Å². The molecule has 1 N–H and O–H groups in total. The van der Waals surface area contributed by atoms with Crippen LogP contribution in [-0.4, -0.2) is 24.1 Å². The van der Waals surface area contributed by atoms with Crippen LogP contribution in [0, 0.1) is 11.6 Å². The van der Waals surface area contributed by atoms with Gasteiger partial charge in [-0.1, -0.05) is 0 Å². The smallest absolute Gasteiger partial charge is 0.146 e. The van der Waals surface area contributed by atoms with Crippen LogP contribution in [0.15, 0.2) is 30.6 Å². The zero-order valence-electron chi connectivity index (χ0n) is 9.98. The minimum absolute atomic E-state index is 0.0402. The summed E-state index contributed by atoms with van der Waals surface area (Å²) in [6.07, 6.45) is 1.36. The van der Waals surface area contributed by atoms with E-state index in [4.69, 9.17) is 0 Å². The predicted molar refractivity (Wildman–Crippen MR) is 66.0 cm³/mol. The van der Waals surface area contributed by atoms with E-state index in [1.165, 1.54) is 6.33 Å². The molecule has 0 aliphatic rings. The summed E-state index contributed by atoms with van der Waals surface area (Å²) in [7, 11) is 3.66. The lowest BCUT2D eigenvalue weighted by Gasteiger charge is -2.12. The minimum Gasteiger partial charge on any atom is -0.363 e. The molecule has 0 aliphatic carbocycles. The van der Waals surface area contributed by atoms with Crippen molar-refractivity contribution in [3.8, 4) is 0 Å². The molecule has 18 heavy (non-hydrogen) atoms. The first kappa shape index (κ1) is 12.2. The van der Waals surface area contributed by atoms with E-state index in [1.54, 1.807) is 11.0 Å². The Morgan fingerprint density at radius 2 is 1.89 bits per heavy atom. The Morgan fingerprint density at radius 3 is 2.61 bits per heavy atom. The Hall–Kier alpha value is -2.24. The predicted octanol–water partition coefficient (Wildman–Crippen LogP) is 2.56. The van der Waals surface area contributed by atoms with Crippen molar-refractivity contribution in [2.75, 3.05) is 24.3 Å². The average molecular weight is 250 g/mol. The summed E-state index contributed by atoms with van der Waals surface area (Å²) in [4.78, 5) is 9.76. The van der Waals surface area contributed by atoms with Crippen LogP contribution >= 0.6 is 0 Å². The van der Waals surface area contributed by atoms with Crippen molar-refractivity contribution in [1.29, 1.82) is 0 Å². The lowest BCUT2D eigenvalue weighted by molar-refractivity contribution is 0.603. The van der Waals surface area contributed by atoms with Gasteiger partial charge < -0.3 is 10.2 Å². The molecule has 0 unspecified atom stereocenters. The monoisotopic (exact) mass is 250 g/mol. The molecule has 4 nitrogen and oxygen atoms in total. The van der Waals surface area contributed by atoms with Crippen LogP contribution in [0.5, 0.6) is 0 Å². The van der Waals surface area contributed by atoms with Gasteiger partial charge in [0.1, 0.15) is 29.6 Å². The highest BCUT2D eigenvalue weighted by Gasteiger charge is 2.06. The molecule has 0 spiro atoms. The van der Waals surface area contributed by atoms with Crippen molar-refractivity contribution >= 4 is 17.3 Å². The Morgan fingerprint density at radius 1 is 1.11 bits per heavy atom. The number of benzene rings is 1. The molecule has 0 atom stereocenters. The standard InChI is InChI=1S/C12H12F2N4/c1-18(2)12-6-11(15-7-16-12)17-10-5-8(13)3-4-9(10)14/h3-7H,1-2H3,(H,15,16,17). The fourth-order valence-electron chi connectivity index (χ4n) is 1.39. The van der Waals surface area contributed by atoms with Gasteiger partial charge in [0.2, 0.25) is 0 Å². The third kappa shape index (κ3) is 2.71. The molecule has 94 valence electrons. The van der Waals surface area contributed by atoms with Gasteiger partial charge in [-0.3, -0.25) is 0 Å². The van der Waals surface area contributed by atoms with E-state index >= 15 is 0 Å². The fourth-order valence-corrected chi connectivity index (χ4v) is 1.39. The Bertz CT molecular complexity index is 558. The quantitative estimate of drug-likeness (QED) is 0.909. The molecular weight excluding hydrogens is 238 g/mol. The van der Waals surface area contributed by atoms with Gasteiger partial charge in [0.05, 0.1) is 5.69 Å². The number of hydrogen-bond donors (Lipinski definition) is 1. The lowest BCUT2D eigenvalue weighted by atomic mass is 10.3. The average Bonchev–Trinajstić information content (AvgIpc) is 2.34. The highest BCUT2D eigenvalue weighted by Crippen LogP contribution is 2.21. The number of anilines is 3. The molecule has 6 heteroatoms. The first-order valence-corrected chi connectivity index (χ1v) is 5.27. The third-order valence-corrected chi connectivity index (χ3v) is 2.30. The summed E-state index contributed by atoms with van der Waals surface area (Å²) in [5.41, 5.74) is 0.0402. The van der Waals surface area contributed by atoms with Gasteiger partial charge in [-0.05, 0) is 12.1 Å². The number of nitrogens with zero attached hydrogens (tertiary/aromatic N) is 3. The summed E-state index contributed by atoms with van der Waals surface area (Å²) in [6, 6.07) is 4.84. The molecule has 2 rings (SSSR count). The lowest BCUT2D eigenvalue weighted by Crippen LogP contribution is -2.11. The Kier molecular flexibility index (Phi) is 3.36. The van der Waals surface area contributed by atoms with Crippen molar-refractivity contribution in [3.63, 3.8) is 0 Å². The van der Waals surface area contributed by atoms with Crippen LogP contribution in [0.1, 0.15) is 0 Å².